The quantitative estimate of drug-likeness (QED) is 0.254. The van der Waals surface area contributed by atoms with Crippen LogP contribution in [0, 0.1) is 6.92 Å². The first-order valence-electron chi connectivity index (χ1n) is 14.3. The van der Waals surface area contributed by atoms with Crippen molar-refractivity contribution in [1.82, 2.24) is 10.2 Å². The molecule has 0 aliphatic heterocycles. The van der Waals surface area contributed by atoms with E-state index in [1.165, 1.54) is 17.0 Å². The van der Waals surface area contributed by atoms with Gasteiger partial charge in [0.05, 0.1) is 20.6 Å². The van der Waals surface area contributed by atoms with Gasteiger partial charge in [0.25, 0.3) is 10.0 Å². The standard InChI is InChI=1S/C32H37Cl2N3O4S/c1-3-30(32(39)35-25-10-6-4-7-11-25)36(21-24-16-19-28(33)29(34)20-24)31(38)22-37(26-17-14-23(2)15-18-26)42(40,41)27-12-8-5-9-13-27/h5,8-9,12-20,25,30H,3-4,6-7,10-11,21-22H2,1-2H3,(H,35,39)/t30-/m1/s1. The largest absolute Gasteiger partial charge is 0.352 e. The van der Waals surface area contributed by atoms with Crippen molar-refractivity contribution in [3.8, 4) is 0 Å². The fourth-order valence-corrected chi connectivity index (χ4v) is 7.01. The summed E-state index contributed by atoms with van der Waals surface area (Å²) in [5.41, 5.74) is 1.98. The van der Waals surface area contributed by atoms with Gasteiger partial charge in [-0.05, 0) is 68.1 Å². The number of rotatable bonds is 11. The van der Waals surface area contributed by atoms with Gasteiger partial charge in [-0.3, -0.25) is 13.9 Å². The molecule has 0 heterocycles. The average Bonchev–Trinajstić information content (AvgIpc) is 2.99. The predicted octanol–water partition coefficient (Wildman–Crippen LogP) is 6.75. The van der Waals surface area contributed by atoms with E-state index >= 15 is 0 Å². The molecule has 2 amide bonds. The number of carbonyl (C=O) groups is 2. The van der Waals surface area contributed by atoms with Crippen LogP contribution in [0.3, 0.4) is 0 Å². The minimum atomic E-state index is -4.11. The lowest BCUT2D eigenvalue weighted by Crippen LogP contribution is -2.54. The number of nitrogens with zero attached hydrogens (tertiary/aromatic N) is 2. The zero-order valence-corrected chi connectivity index (χ0v) is 26.3. The molecule has 1 atom stereocenters. The zero-order chi connectivity index (χ0) is 30.3. The number of anilines is 1. The summed E-state index contributed by atoms with van der Waals surface area (Å²) in [6.07, 6.45) is 5.41. The molecule has 0 aromatic heterocycles. The molecule has 42 heavy (non-hydrogen) atoms. The molecule has 0 unspecified atom stereocenters. The maximum absolute atomic E-state index is 14.2. The number of hydrogen-bond donors (Lipinski definition) is 1. The summed E-state index contributed by atoms with van der Waals surface area (Å²) < 4.78 is 28.9. The number of aryl methyl sites for hydroxylation is 1. The Morgan fingerprint density at radius 2 is 1.60 bits per heavy atom. The minimum Gasteiger partial charge on any atom is -0.352 e. The van der Waals surface area contributed by atoms with Crippen LogP contribution in [-0.2, 0) is 26.2 Å². The van der Waals surface area contributed by atoms with Gasteiger partial charge in [0.2, 0.25) is 11.8 Å². The lowest BCUT2D eigenvalue weighted by atomic mass is 9.95. The first-order valence-corrected chi connectivity index (χ1v) is 16.5. The van der Waals surface area contributed by atoms with Gasteiger partial charge in [0.15, 0.2) is 0 Å². The summed E-state index contributed by atoms with van der Waals surface area (Å²) in [5, 5.41) is 3.85. The molecule has 4 rings (SSSR count). The molecule has 0 radical (unpaired) electrons. The molecule has 0 bridgehead atoms. The van der Waals surface area contributed by atoms with Gasteiger partial charge in [-0.2, -0.15) is 0 Å². The number of sulfonamides is 1. The summed E-state index contributed by atoms with van der Waals surface area (Å²) in [5.74, 6) is -0.752. The van der Waals surface area contributed by atoms with Gasteiger partial charge < -0.3 is 10.2 Å². The highest BCUT2D eigenvalue weighted by molar-refractivity contribution is 7.92. The monoisotopic (exact) mass is 629 g/mol. The maximum atomic E-state index is 14.2. The summed E-state index contributed by atoms with van der Waals surface area (Å²) in [6.45, 7) is 3.31. The molecule has 1 aliphatic rings. The summed E-state index contributed by atoms with van der Waals surface area (Å²) in [7, 11) is -4.11. The van der Waals surface area contributed by atoms with Crippen LogP contribution in [0.2, 0.25) is 10.0 Å². The van der Waals surface area contributed by atoms with Crippen molar-refractivity contribution in [3.05, 3.63) is 94.0 Å². The fourth-order valence-electron chi connectivity index (χ4n) is 5.26. The number of nitrogens with one attached hydrogen (secondary N) is 1. The second kappa shape index (κ2) is 14.4. The Bertz CT molecular complexity index is 1480. The van der Waals surface area contributed by atoms with Crippen LogP contribution in [-0.4, -0.2) is 43.8 Å². The highest BCUT2D eigenvalue weighted by Crippen LogP contribution is 2.27. The normalized spacial score (nSPS) is 14.7. The lowest BCUT2D eigenvalue weighted by molar-refractivity contribution is -0.140. The van der Waals surface area contributed by atoms with E-state index in [-0.39, 0.29) is 23.4 Å². The van der Waals surface area contributed by atoms with Crippen LogP contribution in [0.5, 0.6) is 0 Å². The van der Waals surface area contributed by atoms with E-state index in [0.717, 1.165) is 42.0 Å². The fraction of sp³-hybridized carbons (Fsp3) is 0.375. The van der Waals surface area contributed by atoms with Crippen LogP contribution in [0.1, 0.15) is 56.6 Å². The second-order valence-electron chi connectivity index (χ2n) is 10.7. The zero-order valence-electron chi connectivity index (χ0n) is 23.9. The van der Waals surface area contributed by atoms with E-state index in [1.54, 1.807) is 60.7 Å². The van der Waals surface area contributed by atoms with Crippen LogP contribution in [0.4, 0.5) is 5.69 Å². The van der Waals surface area contributed by atoms with E-state index < -0.39 is 28.5 Å². The van der Waals surface area contributed by atoms with Gasteiger partial charge in [-0.1, -0.05) is 91.3 Å². The Hall–Kier alpha value is -3.07. The number of halogens is 2. The molecule has 224 valence electrons. The topological polar surface area (TPSA) is 86.8 Å². The highest BCUT2D eigenvalue weighted by Gasteiger charge is 2.34. The second-order valence-corrected chi connectivity index (χ2v) is 13.4. The highest BCUT2D eigenvalue weighted by atomic mass is 35.5. The average molecular weight is 631 g/mol. The molecule has 1 aliphatic carbocycles. The maximum Gasteiger partial charge on any atom is 0.264 e. The van der Waals surface area contributed by atoms with E-state index in [9.17, 15) is 18.0 Å². The van der Waals surface area contributed by atoms with Crippen molar-refractivity contribution in [1.29, 1.82) is 0 Å². The van der Waals surface area contributed by atoms with E-state index in [2.05, 4.69) is 5.32 Å². The Balaban J connectivity index is 1.70. The Kier molecular flexibility index (Phi) is 10.9. The molecule has 10 heteroatoms. The molecular formula is C32H37Cl2N3O4S. The smallest absolute Gasteiger partial charge is 0.264 e. The van der Waals surface area contributed by atoms with Crippen LogP contribution < -0.4 is 9.62 Å². The Morgan fingerprint density at radius 1 is 0.929 bits per heavy atom. The number of amides is 2. The molecule has 0 spiro atoms. The minimum absolute atomic E-state index is 0.0550. The van der Waals surface area contributed by atoms with Crippen LogP contribution in [0.15, 0.2) is 77.7 Å². The van der Waals surface area contributed by atoms with Gasteiger partial charge in [0.1, 0.15) is 12.6 Å². The van der Waals surface area contributed by atoms with Crippen LogP contribution in [0.25, 0.3) is 0 Å². The third kappa shape index (κ3) is 7.85. The number of hydrogen-bond acceptors (Lipinski definition) is 4. The molecule has 1 saturated carbocycles. The SMILES string of the molecule is CC[C@H](C(=O)NC1CCCCC1)N(Cc1ccc(Cl)c(Cl)c1)C(=O)CN(c1ccc(C)cc1)S(=O)(=O)c1ccccc1. The number of carbonyl (C=O) groups excluding carboxylic acids is 2. The van der Waals surface area contributed by atoms with Crippen molar-refractivity contribution in [2.45, 2.75) is 75.9 Å². The van der Waals surface area contributed by atoms with Gasteiger partial charge in [-0.15, -0.1) is 0 Å². The Morgan fingerprint density at radius 3 is 2.21 bits per heavy atom. The third-order valence-electron chi connectivity index (χ3n) is 7.61. The van der Waals surface area contributed by atoms with Crippen molar-refractivity contribution < 1.29 is 18.0 Å². The molecule has 3 aromatic carbocycles. The first kappa shape index (κ1) is 31.9. The molecule has 0 saturated heterocycles. The number of benzene rings is 3. The van der Waals surface area contributed by atoms with E-state index in [1.807, 2.05) is 13.8 Å². The van der Waals surface area contributed by atoms with Gasteiger partial charge in [-0.25, -0.2) is 8.42 Å². The van der Waals surface area contributed by atoms with Crippen molar-refractivity contribution in [2.24, 2.45) is 0 Å². The lowest BCUT2D eigenvalue weighted by Gasteiger charge is -2.34. The molecule has 1 fully saturated rings. The molecule has 7 nitrogen and oxygen atoms in total. The van der Waals surface area contributed by atoms with Crippen molar-refractivity contribution in [2.75, 3.05) is 10.8 Å². The first-order chi connectivity index (χ1) is 20.1. The molecule has 3 aromatic rings. The summed E-state index contributed by atoms with van der Waals surface area (Å²) in [4.78, 5) is 29.4. The summed E-state index contributed by atoms with van der Waals surface area (Å²) >= 11 is 12.4. The summed E-state index contributed by atoms with van der Waals surface area (Å²) in [6, 6.07) is 19.3. The van der Waals surface area contributed by atoms with Crippen LogP contribution >= 0.6 is 23.2 Å². The third-order valence-corrected chi connectivity index (χ3v) is 10.1. The Labute approximate surface area is 258 Å². The predicted molar refractivity (Wildman–Crippen MR) is 168 cm³/mol. The van der Waals surface area contributed by atoms with Crippen molar-refractivity contribution >= 4 is 50.7 Å². The molecular weight excluding hydrogens is 593 g/mol. The van der Waals surface area contributed by atoms with Crippen molar-refractivity contribution in [3.63, 3.8) is 0 Å². The van der Waals surface area contributed by atoms with E-state index in [4.69, 9.17) is 23.2 Å². The molecule has 1 N–H and O–H groups in total. The van der Waals surface area contributed by atoms with E-state index in [0.29, 0.717) is 27.7 Å². The van der Waals surface area contributed by atoms with Gasteiger partial charge in [0, 0.05) is 12.6 Å². The van der Waals surface area contributed by atoms with Gasteiger partial charge >= 0.3 is 0 Å².